The number of carbonyl (C=O) groups is 3. The maximum atomic E-state index is 13.0. The number of nitrogens with zero attached hydrogens (tertiary/aromatic N) is 2. The molecule has 3 rings (SSSR count). The smallest absolute Gasteiger partial charge is 0.243 e. The van der Waals surface area contributed by atoms with Gasteiger partial charge in [-0.15, -0.1) is 0 Å². The lowest BCUT2D eigenvalue weighted by atomic mass is 9.97. The molecule has 1 aromatic carbocycles. The van der Waals surface area contributed by atoms with Crippen LogP contribution in [0.2, 0.25) is 0 Å². The molecule has 2 fully saturated rings. The quantitative estimate of drug-likeness (QED) is 0.514. The number of carbonyl (C=O) groups excluding carboxylic acids is 3. The number of rotatable bonds is 7. The summed E-state index contributed by atoms with van der Waals surface area (Å²) in [6, 6.07) is 5.30. The van der Waals surface area contributed by atoms with E-state index in [1.807, 2.05) is 13.0 Å². The first-order chi connectivity index (χ1) is 14.2. The van der Waals surface area contributed by atoms with Crippen LogP contribution in [-0.4, -0.2) is 61.5 Å². The highest BCUT2D eigenvalue weighted by Crippen LogP contribution is 2.26. The zero-order valence-corrected chi connectivity index (χ0v) is 18.3. The van der Waals surface area contributed by atoms with Crippen LogP contribution >= 0.6 is 0 Å². The Hall–Kier alpha value is -2.26. The van der Waals surface area contributed by atoms with Crippen molar-refractivity contribution in [2.75, 3.05) is 26.2 Å². The van der Waals surface area contributed by atoms with Gasteiger partial charge in [0.2, 0.25) is 27.7 Å². The fraction of sp³-hybridized carbons (Fsp3) is 0.571. The Balaban J connectivity index is 1.46. The number of hydrogen-bond donors (Lipinski definition) is 1. The predicted molar refractivity (Wildman–Crippen MR) is 111 cm³/mol. The van der Waals surface area contributed by atoms with Gasteiger partial charge < -0.3 is 5.32 Å². The van der Waals surface area contributed by atoms with Crippen molar-refractivity contribution in [1.82, 2.24) is 14.5 Å². The van der Waals surface area contributed by atoms with Gasteiger partial charge in [0.25, 0.3) is 0 Å². The third-order valence-electron chi connectivity index (χ3n) is 5.79. The van der Waals surface area contributed by atoms with Crippen molar-refractivity contribution >= 4 is 27.7 Å². The summed E-state index contributed by atoms with van der Waals surface area (Å²) < 4.78 is 27.4. The Morgan fingerprint density at radius 3 is 2.33 bits per heavy atom. The number of amides is 3. The van der Waals surface area contributed by atoms with Gasteiger partial charge in [0.15, 0.2) is 0 Å². The molecule has 0 saturated carbocycles. The third-order valence-corrected chi connectivity index (χ3v) is 7.84. The number of benzene rings is 1. The van der Waals surface area contributed by atoms with Gasteiger partial charge >= 0.3 is 0 Å². The molecule has 3 amide bonds. The van der Waals surface area contributed by atoms with Crippen LogP contribution in [0.3, 0.4) is 0 Å². The summed E-state index contributed by atoms with van der Waals surface area (Å²) in [6.45, 7) is 5.05. The SMILES string of the molecule is Cc1ccc(S(=O)(=O)N2CCC(C(=O)NCCCN3C(=O)CCC3=O)CC2)c(C)c1. The van der Waals surface area contributed by atoms with E-state index in [1.165, 1.54) is 9.21 Å². The monoisotopic (exact) mass is 435 g/mol. The van der Waals surface area contributed by atoms with Gasteiger partial charge in [0.05, 0.1) is 4.90 Å². The van der Waals surface area contributed by atoms with Crippen LogP contribution < -0.4 is 5.32 Å². The number of hydrogen-bond acceptors (Lipinski definition) is 5. The summed E-state index contributed by atoms with van der Waals surface area (Å²) in [5.74, 6) is -0.629. The lowest BCUT2D eigenvalue weighted by Gasteiger charge is -2.31. The van der Waals surface area contributed by atoms with Gasteiger partial charge in [-0.25, -0.2) is 8.42 Å². The van der Waals surface area contributed by atoms with Crippen molar-refractivity contribution in [2.45, 2.75) is 50.8 Å². The van der Waals surface area contributed by atoms with Crippen molar-refractivity contribution < 1.29 is 22.8 Å². The third kappa shape index (κ3) is 4.89. The van der Waals surface area contributed by atoms with Gasteiger partial charge in [-0.05, 0) is 44.7 Å². The molecule has 0 unspecified atom stereocenters. The van der Waals surface area contributed by atoms with Crippen LogP contribution in [0.5, 0.6) is 0 Å². The fourth-order valence-electron chi connectivity index (χ4n) is 4.05. The molecule has 2 aliphatic heterocycles. The van der Waals surface area contributed by atoms with E-state index in [0.29, 0.717) is 50.3 Å². The summed E-state index contributed by atoms with van der Waals surface area (Å²) >= 11 is 0. The molecule has 2 saturated heterocycles. The Bertz CT molecular complexity index is 920. The maximum Gasteiger partial charge on any atom is 0.243 e. The van der Waals surface area contributed by atoms with Crippen molar-refractivity contribution in [1.29, 1.82) is 0 Å². The summed E-state index contributed by atoms with van der Waals surface area (Å²) in [5.41, 5.74) is 1.74. The number of imide groups is 1. The fourth-order valence-corrected chi connectivity index (χ4v) is 5.73. The number of sulfonamides is 1. The average Bonchev–Trinajstić information content (AvgIpc) is 3.02. The van der Waals surface area contributed by atoms with Crippen LogP contribution in [0.15, 0.2) is 23.1 Å². The Morgan fingerprint density at radius 1 is 1.10 bits per heavy atom. The van der Waals surface area contributed by atoms with Gasteiger partial charge in [-0.2, -0.15) is 4.31 Å². The van der Waals surface area contributed by atoms with Crippen molar-refractivity contribution in [3.05, 3.63) is 29.3 Å². The maximum absolute atomic E-state index is 13.0. The Kier molecular flexibility index (Phi) is 6.92. The van der Waals surface area contributed by atoms with E-state index >= 15 is 0 Å². The average molecular weight is 436 g/mol. The van der Waals surface area contributed by atoms with Crippen molar-refractivity contribution in [3.63, 3.8) is 0 Å². The molecule has 1 N–H and O–H groups in total. The number of nitrogens with one attached hydrogen (secondary N) is 1. The Morgan fingerprint density at radius 2 is 1.73 bits per heavy atom. The molecule has 2 aliphatic rings. The highest BCUT2D eigenvalue weighted by molar-refractivity contribution is 7.89. The molecule has 2 heterocycles. The standard InChI is InChI=1S/C21H29N3O5S/c1-15-4-5-18(16(2)14-15)30(28,29)23-12-8-17(9-13-23)21(27)22-10-3-11-24-19(25)6-7-20(24)26/h4-5,14,17H,3,6-13H2,1-2H3,(H,22,27). The molecule has 8 nitrogen and oxygen atoms in total. The minimum atomic E-state index is -3.57. The highest BCUT2D eigenvalue weighted by atomic mass is 32.2. The van der Waals surface area contributed by atoms with Crippen LogP contribution in [0, 0.1) is 19.8 Å². The summed E-state index contributed by atoms with van der Waals surface area (Å²) in [4.78, 5) is 37.1. The second kappa shape index (κ2) is 9.26. The number of aryl methyl sites for hydroxylation is 2. The molecule has 0 radical (unpaired) electrons. The molecule has 0 aliphatic carbocycles. The zero-order chi connectivity index (χ0) is 21.9. The first-order valence-electron chi connectivity index (χ1n) is 10.4. The minimum absolute atomic E-state index is 0.0994. The molecule has 1 aromatic rings. The molecule has 9 heteroatoms. The van der Waals surface area contributed by atoms with Crippen LogP contribution in [0.25, 0.3) is 0 Å². The molecule has 30 heavy (non-hydrogen) atoms. The zero-order valence-electron chi connectivity index (χ0n) is 17.5. The minimum Gasteiger partial charge on any atom is -0.356 e. The van der Waals surface area contributed by atoms with Gasteiger partial charge in [0, 0.05) is 44.9 Å². The van der Waals surface area contributed by atoms with E-state index < -0.39 is 10.0 Å². The molecular formula is C21H29N3O5S. The van der Waals surface area contributed by atoms with Crippen molar-refractivity contribution in [3.8, 4) is 0 Å². The molecule has 0 aromatic heterocycles. The van der Waals surface area contributed by atoms with E-state index in [0.717, 1.165) is 11.1 Å². The van der Waals surface area contributed by atoms with Gasteiger partial charge in [-0.1, -0.05) is 17.7 Å². The van der Waals surface area contributed by atoms with Crippen LogP contribution in [0.4, 0.5) is 0 Å². The molecule has 164 valence electrons. The topological polar surface area (TPSA) is 104 Å². The Labute approximate surface area is 177 Å². The van der Waals surface area contributed by atoms with E-state index in [1.54, 1.807) is 19.1 Å². The first-order valence-corrected chi connectivity index (χ1v) is 11.8. The number of piperidine rings is 1. The van der Waals surface area contributed by atoms with Crippen LogP contribution in [-0.2, 0) is 24.4 Å². The van der Waals surface area contributed by atoms with E-state index in [9.17, 15) is 22.8 Å². The van der Waals surface area contributed by atoms with Gasteiger partial charge in [0.1, 0.15) is 0 Å². The van der Waals surface area contributed by atoms with E-state index in [2.05, 4.69) is 5.32 Å². The second-order valence-corrected chi connectivity index (χ2v) is 9.94. The predicted octanol–water partition coefficient (Wildman–Crippen LogP) is 1.36. The van der Waals surface area contributed by atoms with Gasteiger partial charge in [-0.3, -0.25) is 19.3 Å². The summed E-state index contributed by atoms with van der Waals surface area (Å²) in [7, 11) is -3.57. The lowest BCUT2D eigenvalue weighted by molar-refractivity contribution is -0.138. The molecular weight excluding hydrogens is 406 g/mol. The lowest BCUT2D eigenvalue weighted by Crippen LogP contribution is -2.43. The molecule has 0 bridgehead atoms. The second-order valence-electron chi connectivity index (χ2n) is 8.03. The summed E-state index contributed by atoms with van der Waals surface area (Å²) in [5, 5.41) is 2.85. The normalized spacial score (nSPS) is 18.8. The first kappa shape index (κ1) is 22.4. The molecule has 0 spiro atoms. The molecule has 0 atom stereocenters. The number of likely N-dealkylation sites (tertiary alicyclic amines) is 1. The highest BCUT2D eigenvalue weighted by Gasteiger charge is 2.33. The summed E-state index contributed by atoms with van der Waals surface area (Å²) in [6.07, 6.45) is 2.00. The van der Waals surface area contributed by atoms with E-state index in [-0.39, 0.29) is 36.5 Å². The largest absolute Gasteiger partial charge is 0.356 e. The van der Waals surface area contributed by atoms with Crippen molar-refractivity contribution in [2.24, 2.45) is 5.92 Å². The van der Waals surface area contributed by atoms with Crippen LogP contribution in [0.1, 0.15) is 43.2 Å². The van der Waals surface area contributed by atoms with E-state index in [4.69, 9.17) is 0 Å².